The maximum Gasteiger partial charge on any atom is 0.416 e. The number of alkyl halides is 3. The second-order valence-corrected chi connectivity index (χ2v) is 10.5. The van der Waals surface area contributed by atoms with Gasteiger partial charge in [0.15, 0.2) is 0 Å². The van der Waals surface area contributed by atoms with Crippen molar-refractivity contribution in [1.29, 1.82) is 0 Å². The second-order valence-electron chi connectivity index (χ2n) is 9.01. The van der Waals surface area contributed by atoms with Crippen molar-refractivity contribution in [3.8, 4) is 16.3 Å². The Bertz CT molecular complexity index is 1660. The molecule has 2 heterocycles. The molecule has 0 atom stereocenters. The van der Waals surface area contributed by atoms with Gasteiger partial charge >= 0.3 is 12.1 Å². The van der Waals surface area contributed by atoms with Crippen molar-refractivity contribution in [3.05, 3.63) is 105 Å². The number of aliphatic carboxylic acids is 1. The van der Waals surface area contributed by atoms with Gasteiger partial charge in [-0.2, -0.15) is 13.2 Å². The predicted octanol–water partition coefficient (Wildman–Crippen LogP) is 8.02. The number of aromatic nitrogens is 2. The summed E-state index contributed by atoms with van der Waals surface area (Å²) in [6, 6.07) is 16.3. The highest BCUT2D eigenvalue weighted by Gasteiger charge is 2.30. The highest BCUT2D eigenvalue weighted by molar-refractivity contribution is 7.15. The first-order chi connectivity index (χ1) is 19.1. The number of carboxylic acids is 1. The molecule has 0 bridgehead atoms. The minimum absolute atomic E-state index is 0.125. The average molecular weight is 589 g/mol. The molecule has 0 unspecified atom stereocenters. The summed E-state index contributed by atoms with van der Waals surface area (Å²) >= 11 is 7.49. The SMILES string of the molecule is O=C(O)Cn1ccc2cc(OCc3sc(-c4ccc(C(F)(F)F)cc4)nc3CCc3c(F)cccc3Cl)ccc21. The molecule has 0 aliphatic carbocycles. The van der Waals surface area contributed by atoms with Gasteiger partial charge in [0, 0.05) is 33.2 Å². The van der Waals surface area contributed by atoms with Crippen LogP contribution < -0.4 is 4.74 Å². The Morgan fingerprint density at radius 3 is 2.52 bits per heavy atom. The number of thiazole rings is 1. The molecule has 206 valence electrons. The molecule has 5 rings (SSSR count). The summed E-state index contributed by atoms with van der Waals surface area (Å²) < 4.78 is 61.1. The van der Waals surface area contributed by atoms with Gasteiger partial charge in [0.1, 0.15) is 29.7 Å². The van der Waals surface area contributed by atoms with Gasteiger partial charge in [-0.1, -0.05) is 29.8 Å². The molecule has 0 fully saturated rings. The molecule has 0 saturated carbocycles. The number of aryl methyl sites for hydroxylation is 1. The fourth-order valence-electron chi connectivity index (χ4n) is 4.33. The van der Waals surface area contributed by atoms with Crippen LogP contribution in [-0.2, 0) is 37.0 Å². The molecule has 0 aliphatic heterocycles. The first-order valence-corrected chi connectivity index (χ1v) is 13.3. The van der Waals surface area contributed by atoms with Crippen molar-refractivity contribution >= 4 is 39.8 Å². The molecule has 40 heavy (non-hydrogen) atoms. The maximum absolute atomic E-state index is 14.4. The summed E-state index contributed by atoms with van der Waals surface area (Å²) in [6.07, 6.45) is -2.14. The van der Waals surface area contributed by atoms with E-state index in [9.17, 15) is 22.4 Å². The van der Waals surface area contributed by atoms with Crippen molar-refractivity contribution in [2.75, 3.05) is 0 Å². The van der Waals surface area contributed by atoms with Crippen LogP contribution in [0.25, 0.3) is 21.5 Å². The molecule has 3 aromatic carbocycles. The van der Waals surface area contributed by atoms with E-state index in [4.69, 9.17) is 21.4 Å². The van der Waals surface area contributed by atoms with E-state index >= 15 is 0 Å². The van der Waals surface area contributed by atoms with Crippen LogP contribution in [0.1, 0.15) is 21.7 Å². The largest absolute Gasteiger partial charge is 0.488 e. The summed E-state index contributed by atoms with van der Waals surface area (Å²) in [5.41, 5.74) is 1.51. The zero-order valence-electron chi connectivity index (χ0n) is 20.7. The lowest BCUT2D eigenvalue weighted by Crippen LogP contribution is -2.07. The van der Waals surface area contributed by atoms with Gasteiger partial charge in [-0.25, -0.2) is 9.37 Å². The summed E-state index contributed by atoms with van der Waals surface area (Å²) in [5, 5.41) is 10.7. The summed E-state index contributed by atoms with van der Waals surface area (Å²) in [7, 11) is 0. The first-order valence-electron chi connectivity index (χ1n) is 12.1. The lowest BCUT2D eigenvalue weighted by atomic mass is 10.1. The molecular weight excluding hydrogens is 568 g/mol. The van der Waals surface area contributed by atoms with Crippen molar-refractivity contribution in [2.45, 2.75) is 32.2 Å². The minimum atomic E-state index is -4.44. The highest BCUT2D eigenvalue weighted by Crippen LogP contribution is 2.34. The van der Waals surface area contributed by atoms with Crippen molar-refractivity contribution < 1.29 is 32.2 Å². The fourth-order valence-corrected chi connectivity index (χ4v) is 5.62. The molecular formula is C29H21ClF4N2O3S. The molecule has 2 aromatic heterocycles. The average Bonchev–Trinajstić information content (AvgIpc) is 3.50. The van der Waals surface area contributed by atoms with Crippen LogP contribution in [0.5, 0.6) is 5.75 Å². The van der Waals surface area contributed by atoms with E-state index in [0.29, 0.717) is 39.0 Å². The molecule has 1 N–H and O–H groups in total. The van der Waals surface area contributed by atoms with Crippen LogP contribution in [0, 0.1) is 5.82 Å². The summed E-state index contributed by atoms with van der Waals surface area (Å²) in [6.45, 7) is -0.0351. The number of ether oxygens (including phenoxy) is 1. The molecule has 0 spiro atoms. The fraction of sp³-hybridized carbons (Fsp3) is 0.172. The molecule has 0 amide bonds. The Balaban J connectivity index is 1.40. The van der Waals surface area contributed by atoms with Gasteiger partial charge in [0.25, 0.3) is 0 Å². The van der Waals surface area contributed by atoms with Crippen LogP contribution >= 0.6 is 22.9 Å². The maximum atomic E-state index is 14.4. The number of hydrogen-bond acceptors (Lipinski definition) is 4. The first kappa shape index (κ1) is 27.7. The van der Waals surface area contributed by atoms with Gasteiger partial charge in [0.05, 0.1) is 16.1 Å². The van der Waals surface area contributed by atoms with Crippen LogP contribution in [0.2, 0.25) is 5.02 Å². The van der Waals surface area contributed by atoms with Gasteiger partial charge in [-0.05, 0) is 61.4 Å². The number of carboxylic acid groups (broad SMARTS) is 1. The van der Waals surface area contributed by atoms with E-state index in [2.05, 4.69) is 4.98 Å². The van der Waals surface area contributed by atoms with Crippen LogP contribution in [0.3, 0.4) is 0 Å². The van der Waals surface area contributed by atoms with Crippen LogP contribution in [0.15, 0.2) is 72.9 Å². The Labute approximate surface area is 235 Å². The van der Waals surface area contributed by atoms with Crippen molar-refractivity contribution in [3.63, 3.8) is 0 Å². The zero-order chi connectivity index (χ0) is 28.4. The molecule has 5 aromatic rings. The third kappa shape index (κ3) is 6.13. The quantitative estimate of drug-likeness (QED) is 0.177. The van der Waals surface area contributed by atoms with E-state index < -0.39 is 23.5 Å². The number of benzene rings is 3. The van der Waals surface area contributed by atoms with Crippen molar-refractivity contribution in [1.82, 2.24) is 9.55 Å². The number of hydrogen-bond donors (Lipinski definition) is 1. The Morgan fingerprint density at radius 2 is 1.82 bits per heavy atom. The standard InChI is InChI=1S/C29H21ClF4N2O3S/c30-22-2-1-3-23(31)21(22)9-10-24-26(40-28(35-24)17-4-6-19(7-5-17)29(32,33)34)16-39-20-8-11-25-18(14-20)12-13-36(25)15-27(37)38/h1-8,11-14H,9-10,15-16H2,(H,37,38). The van der Waals surface area contributed by atoms with Gasteiger partial charge in [-0.3, -0.25) is 4.79 Å². The lowest BCUT2D eigenvalue weighted by Gasteiger charge is -2.08. The zero-order valence-corrected chi connectivity index (χ0v) is 22.3. The second kappa shape index (κ2) is 11.3. The summed E-state index contributed by atoms with van der Waals surface area (Å²) in [4.78, 5) is 16.5. The third-order valence-corrected chi connectivity index (χ3v) is 7.80. The van der Waals surface area contributed by atoms with E-state index in [1.165, 1.54) is 35.6 Å². The molecule has 11 heteroatoms. The number of nitrogens with zero attached hydrogens (tertiary/aromatic N) is 2. The number of carbonyl (C=O) groups is 1. The van der Waals surface area contributed by atoms with E-state index in [1.807, 2.05) is 0 Å². The molecule has 0 radical (unpaired) electrons. The Kier molecular flexibility index (Phi) is 7.82. The highest BCUT2D eigenvalue weighted by atomic mass is 35.5. The third-order valence-electron chi connectivity index (χ3n) is 6.33. The molecule has 0 aliphatic rings. The number of halogens is 5. The van der Waals surface area contributed by atoms with E-state index in [1.54, 1.807) is 41.1 Å². The van der Waals surface area contributed by atoms with Gasteiger partial charge in [-0.15, -0.1) is 11.3 Å². The van der Waals surface area contributed by atoms with Gasteiger partial charge < -0.3 is 14.4 Å². The van der Waals surface area contributed by atoms with Crippen LogP contribution in [0.4, 0.5) is 17.6 Å². The minimum Gasteiger partial charge on any atom is -0.488 e. The van der Waals surface area contributed by atoms with E-state index in [0.717, 1.165) is 27.9 Å². The summed E-state index contributed by atoms with van der Waals surface area (Å²) in [5.74, 6) is -0.823. The monoisotopic (exact) mass is 588 g/mol. The smallest absolute Gasteiger partial charge is 0.416 e. The van der Waals surface area contributed by atoms with Crippen molar-refractivity contribution in [2.24, 2.45) is 0 Å². The Hall–Kier alpha value is -3.89. The van der Waals surface area contributed by atoms with Gasteiger partial charge in [0.2, 0.25) is 0 Å². The normalized spacial score (nSPS) is 11.7. The number of fused-ring (bicyclic) bond motifs is 1. The predicted molar refractivity (Wildman–Crippen MR) is 145 cm³/mol. The number of rotatable bonds is 9. The molecule has 0 saturated heterocycles. The topological polar surface area (TPSA) is 64.3 Å². The van der Waals surface area contributed by atoms with Crippen LogP contribution in [-0.4, -0.2) is 20.6 Å². The molecule has 5 nitrogen and oxygen atoms in total. The lowest BCUT2D eigenvalue weighted by molar-refractivity contribution is -0.138. The van der Waals surface area contributed by atoms with E-state index in [-0.39, 0.29) is 19.6 Å². The Morgan fingerprint density at radius 1 is 1.05 bits per heavy atom.